The monoisotopic (exact) mass is 572 g/mol. The molecule has 5 rings (SSSR count). The van der Waals surface area contributed by atoms with E-state index in [4.69, 9.17) is 0 Å². The molecule has 0 fully saturated rings. The highest BCUT2D eigenvalue weighted by molar-refractivity contribution is 7.15. The summed E-state index contributed by atoms with van der Waals surface area (Å²) in [7, 11) is 0. The number of benzene rings is 2. The van der Waals surface area contributed by atoms with Crippen LogP contribution in [-0.4, -0.2) is 17.8 Å². The van der Waals surface area contributed by atoms with Gasteiger partial charge in [-0.25, -0.2) is 0 Å². The van der Waals surface area contributed by atoms with Gasteiger partial charge < -0.3 is 0 Å². The largest absolute Gasteiger partial charge is 0.380 e. The number of halogens is 6. The van der Waals surface area contributed by atoms with Gasteiger partial charge in [0.05, 0.1) is 11.1 Å². The second-order valence-corrected chi connectivity index (χ2v) is 11.5. The highest BCUT2D eigenvalue weighted by Gasteiger charge is 2.80. The predicted octanol–water partition coefficient (Wildman–Crippen LogP) is 10.6. The first-order valence-electron chi connectivity index (χ1n) is 12.0. The van der Waals surface area contributed by atoms with Gasteiger partial charge in [0, 0.05) is 19.5 Å². The molecule has 2 aromatic carbocycles. The van der Waals surface area contributed by atoms with Crippen LogP contribution in [0.5, 0.6) is 0 Å². The first kappa shape index (κ1) is 27.2. The van der Waals surface area contributed by atoms with Gasteiger partial charge in [-0.3, -0.25) is 0 Å². The molecule has 2 heterocycles. The van der Waals surface area contributed by atoms with Crippen LogP contribution < -0.4 is 0 Å². The number of alkyl halides is 6. The van der Waals surface area contributed by atoms with Crippen molar-refractivity contribution in [1.82, 2.24) is 0 Å². The quantitative estimate of drug-likeness (QED) is 0.202. The number of thiophene rings is 2. The molecular formula is C31H22F6S2. The fourth-order valence-electron chi connectivity index (χ4n) is 4.50. The third kappa shape index (κ3) is 4.70. The Morgan fingerprint density at radius 3 is 1.26 bits per heavy atom. The van der Waals surface area contributed by atoms with Crippen molar-refractivity contribution in [1.29, 1.82) is 0 Å². The molecule has 0 N–H and O–H groups in total. The van der Waals surface area contributed by atoms with Gasteiger partial charge >= 0.3 is 17.8 Å². The van der Waals surface area contributed by atoms with Gasteiger partial charge in [0.25, 0.3) is 0 Å². The second kappa shape index (κ2) is 9.99. The Morgan fingerprint density at radius 2 is 0.897 bits per heavy atom. The Balaban J connectivity index is 1.64. The van der Waals surface area contributed by atoms with Gasteiger partial charge in [0.2, 0.25) is 0 Å². The molecule has 0 amide bonds. The highest BCUT2D eigenvalue weighted by Crippen LogP contribution is 2.66. The van der Waals surface area contributed by atoms with E-state index in [9.17, 15) is 8.78 Å². The van der Waals surface area contributed by atoms with Crippen molar-refractivity contribution in [2.75, 3.05) is 0 Å². The fourth-order valence-corrected chi connectivity index (χ4v) is 6.82. The number of aryl methyl sites for hydroxylation is 2. The Bertz CT molecular complexity index is 1470. The van der Waals surface area contributed by atoms with Crippen molar-refractivity contribution in [3.8, 4) is 0 Å². The van der Waals surface area contributed by atoms with Crippen LogP contribution in [0, 0.1) is 13.8 Å². The van der Waals surface area contributed by atoms with E-state index in [1.165, 1.54) is 13.8 Å². The molecule has 0 nitrogen and oxygen atoms in total. The van der Waals surface area contributed by atoms with Gasteiger partial charge in [0.15, 0.2) is 0 Å². The minimum atomic E-state index is -5.59. The molecule has 0 bridgehead atoms. The van der Waals surface area contributed by atoms with Crippen LogP contribution in [0.25, 0.3) is 35.5 Å². The standard InChI is InChI=1S/C31H22F6S2/c1-19-17-23(15-13-21-9-5-3-6-10-21)38-27(19)25-26(30(34,35)31(36,37)29(25,32)33)28-20(2)18-24(39-28)16-14-22-11-7-4-8-12-22/h3-18H,1-2H3. The first-order valence-corrected chi connectivity index (χ1v) is 13.6. The van der Waals surface area contributed by atoms with E-state index >= 15 is 17.6 Å². The lowest BCUT2D eigenvalue weighted by atomic mass is 10.0. The van der Waals surface area contributed by atoms with Crippen LogP contribution in [0.4, 0.5) is 26.3 Å². The lowest BCUT2D eigenvalue weighted by Gasteiger charge is -2.25. The van der Waals surface area contributed by atoms with E-state index in [2.05, 4.69) is 0 Å². The van der Waals surface area contributed by atoms with E-state index in [0.29, 0.717) is 9.75 Å². The van der Waals surface area contributed by atoms with Crippen molar-refractivity contribution in [2.24, 2.45) is 0 Å². The van der Waals surface area contributed by atoms with Gasteiger partial charge in [-0.05, 0) is 60.4 Å². The molecule has 1 aliphatic rings. The highest BCUT2D eigenvalue weighted by atomic mass is 32.1. The van der Waals surface area contributed by atoms with E-state index in [0.717, 1.165) is 33.8 Å². The molecule has 0 radical (unpaired) electrons. The molecule has 200 valence electrons. The van der Waals surface area contributed by atoms with Gasteiger partial charge in [-0.2, -0.15) is 26.3 Å². The van der Waals surface area contributed by atoms with Crippen molar-refractivity contribution in [2.45, 2.75) is 31.6 Å². The molecule has 39 heavy (non-hydrogen) atoms. The zero-order chi connectivity index (χ0) is 28.0. The first-order chi connectivity index (χ1) is 18.4. The number of rotatable bonds is 6. The maximum absolute atomic E-state index is 15.3. The summed E-state index contributed by atoms with van der Waals surface area (Å²) in [6.07, 6.45) is 6.80. The lowest BCUT2D eigenvalue weighted by molar-refractivity contribution is -0.254. The average Bonchev–Trinajstić information content (AvgIpc) is 3.48. The lowest BCUT2D eigenvalue weighted by Crippen LogP contribution is -2.48. The average molecular weight is 573 g/mol. The molecule has 0 spiro atoms. The number of hydrogen-bond acceptors (Lipinski definition) is 2. The van der Waals surface area contributed by atoms with E-state index in [-0.39, 0.29) is 20.9 Å². The van der Waals surface area contributed by atoms with Crippen LogP contribution in [0.15, 0.2) is 72.8 Å². The summed E-state index contributed by atoms with van der Waals surface area (Å²) < 4.78 is 91.0. The van der Waals surface area contributed by atoms with Crippen LogP contribution in [0.3, 0.4) is 0 Å². The molecule has 0 unspecified atom stereocenters. The Kier molecular flexibility index (Phi) is 6.97. The van der Waals surface area contributed by atoms with Gasteiger partial charge in [0.1, 0.15) is 0 Å². The zero-order valence-corrected chi connectivity index (χ0v) is 22.5. The maximum atomic E-state index is 15.3. The molecule has 2 aromatic heterocycles. The summed E-state index contributed by atoms with van der Waals surface area (Å²) in [5.41, 5.74) is -0.455. The van der Waals surface area contributed by atoms with E-state index < -0.39 is 28.9 Å². The third-order valence-electron chi connectivity index (χ3n) is 6.47. The van der Waals surface area contributed by atoms with Gasteiger partial charge in [-0.15, -0.1) is 22.7 Å². The minimum Gasteiger partial charge on any atom is -0.194 e. The molecular weight excluding hydrogens is 550 g/mol. The van der Waals surface area contributed by atoms with Crippen LogP contribution >= 0.6 is 22.7 Å². The van der Waals surface area contributed by atoms with Crippen molar-refractivity contribution in [3.63, 3.8) is 0 Å². The second-order valence-electron chi connectivity index (χ2n) is 9.28. The SMILES string of the molecule is Cc1cc(C=Cc2ccccc2)sc1C1=C(c2sc(C=Cc3ccccc3)cc2C)C(F)(F)C(F)(F)C1(F)F. The summed E-state index contributed by atoms with van der Waals surface area (Å²) in [4.78, 5) is 0.436. The van der Waals surface area contributed by atoms with Crippen LogP contribution in [0.1, 0.15) is 41.8 Å². The summed E-state index contributed by atoms with van der Waals surface area (Å²) in [5, 5.41) is 0. The topological polar surface area (TPSA) is 0 Å². The fraction of sp³-hybridized carbons (Fsp3) is 0.161. The summed E-state index contributed by atoms with van der Waals surface area (Å²) in [6.45, 7) is 2.94. The number of hydrogen-bond donors (Lipinski definition) is 0. The van der Waals surface area contributed by atoms with E-state index in [1.54, 1.807) is 36.4 Å². The minimum absolute atomic E-state index is 0.229. The molecule has 1 aliphatic carbocycles. The molecule has 0 atom stereocenters. The van der Waals surface area contributed by atoms with Crippen molar-refractivity contribution in [3.05, 3.63) is 115 Å². The third-order valence-corrected chi connectivity index (χ3v) is 8.91. The Hall–Kier alpha value is -3.36. The van der Waals surface area contributed by atoms with Crippen LogP contribution in [-0.2, 0) is 0 Å². The Morgan fingerprint density at radius 1 is 0.538 bits per heavy atom. The summed E-state index contributed by atoms with van der Waals surface area (Å²) in [6, 6.07) is 21.5. The summed E-state index contributed by atoms with van der Waals surface area (Å²) in [5.74, 6) is -15.7. The normalized spacial score (nSPS) is 18.1. The molecule has 0 saturated heterocycles. The van der Waals surface area contributed by atoms with Crippen molar-refractivity contribution < 1.29 is 26.3 Å². The van der Waals surface area contributed by atoms with Crippen molar-refractivity contribution >= 4 is 58.1 Å². The maximum Gasteiger partial charge on any atom is 0.380 e. The van der Waals surface area contributed by atoms with Crippen LogP contribution in [0.2, 0.25) is 0 Å². The van der Waals surface area contributed by atoms with Gasteiger partial charge in [-0.1, -0.05) is 72.8 Å². The summed E-state index contributed by atoms with van der Waals surface area (Å²) >= 11 is 1.60. The molecule has 8 heteroatoms. The molecule has 0 saturated carbocycles. The predicted molar refractivity (Wildman–Crippen MR) is 151 cm³/mol. The van der Waals surface area contributed by atoms with E-state index in [1.807, 2.05) is 60.7 Å². The zero-order valence-electron chi connectivity index (χ0n) is 20.8. The smallest absolute Gasteiger partial charge is 0.194 e. The number of allylic oxidation sites excluding steroid dienone is 2. The molecule has 0 aliphatic heterocycles. The Labute approximate surface area is 230 Å². The molecule has 4 aromatic rings.